The van der Waals surface area contributed by atoms with E-state index in [4.69, 9.17) is 4.74 Å². The lowest BCUT2D eigenvalue weighted by molar-refractivity contribution is -0.146. The van der Waals surface area contributed by atoms with Gasteiger partial charge >= 0.3 is 0 Å². The maximum absolute atomic E-state index is 12.1. The van der Waals surface area contributed by atoms with E-state index >= 15 is 0 Å². The van der Waals surface area contributed by atoms with Crippen LogP contribution < -0.4 is 10.9 Å². The zero-order valence-electron chi connectivity index (χ0n) is 17.0. The number of amides is 3. The molecule has 0 bridgehead atoms. The zero-order valence-corrected chi connectivity index (χ0v) is 17.0. The molecule has 146 valence electrons. The number of likely N-dealkylation sites (tertiary alicyclic amines) is 1. The molecule has 0 aromatic rings. The molecule has 1 aliphatic rings. The second-order valence-corrected chi connectivity index (χ2v) is 7.32. The summed E-state index contributed by atoms with van der Waals surface area (Å²) >= 11 is 0. The fourth-order valence-electron chi connectivity index (χ4n) is 2.73. The molecule has 2 N–H and O–H groups in total. The lowest BCUT2D eigenvalue weighted by Gasteiger charge is -2.35. The molecular formula is C18H35N3O4. The highest BCUT2D eigenvalue weighted by Gasteiger charge is 2.43. The van der Waals surface area contributed by atoms with Crippen molar-refractivity contribution in [2.45, 2.75) is 78.9 Å². The van der Waals surface area contributed by atoms with Crippen LogP contribution >= 0.6 is 0 Å². The Bertz CT molecular complexity index is 475. The smallest absolute Gasteiger partial charge is 0.236 e. The van der Waals surface area contributed by atoms with Gasteiger partial charge in [-0.15, -0.1) is 0 Å². The van der Waals surface area contributed by atoms with E-state index in [1.165, 1.54) is 4.90 Å². The molecule has 1 atom stereocenters. The summed E-state index contributed by atoms with van der Waals surface area (Å²) in [7, 11) is 1.62. The van der Waals surface area contributed by atoms with Crippen molar-refractivity contribution in [3.05, 3.63) is 0 Å². The fourth-order valence-corrected chi connectivity index (χ4v) is 2.73. The average molecular weight is 357 g/mol. The number of carbonyl (C=O) groups is 3. The number of hydrazine groups is 1. The van der Waals surface area contributed by atoms with Gasteiger partial charge in [0.15, 0.2) is 0 Å². The first-order chi connectivity index (χ1) is 11.5. The van der Waals surface area contributed by atoms with E-state index in [2.05, 4.69) is 10.9 Å². The maximum Gasteiger partial charge on any atom is 0.236 e. The highest BCUT2D eigenvalue weighted by Crippen LogP contribution is 2.30. The average Bonchev–Trinajstić information content (AvgIpc) is 2.73. The van der Waals surface area contributed by atoms with E-state index in [9.17, 15) is 14.4 Å². The number of hydrogen-bond donors (Lipinski definition) is 2. The normalized spacial score (nSPS) is 18.1. The number of imide groups is 1. The first-order valence-corrected chi connectivity index (χ1v) is 8.96. The predicted molar refractivity (Wildman–Crippen MR) is 97.5 cm³/mol. The van der Waals surface area contributed by atoms with Crippen LogP contribution in [0.25, 0.3) is 0 Å². The topological polar surface area (TPSA) is 87.7 Å². The summed E-state index contributed by atoms with van der Waals surface area (Å²) in [6, 6.07) is 0. The molecule has 1 heterocycles. The summed E-state index contributed by atoms with van der Waals surface area (Å²) < 4.78 is 5.80. The lowest BCUT2D eigenvalue weighted by atomic mass is 9.98. The Morgan fingerprint density at radius 2 is 1.80 bits per heavy atom. The highest BCUT2D eigenvalue weighted by atomic mass is 16.5. The Hall–Kier alpha value is -1.47. The highest BCUT2D eigenvalue weighted by molar-refractivity contribution is 6.04. The van der Waals surface area contributed by atoms with Crippen LogP contribution in [0.2, 0.25) is 0 Å². The van der Waals surface area contributed by atoms with Gasteiger partial charge in [-0.3, -0.25) is 24.7 Å². The first-order valence-electron chi connectivity index (χ1n) is 8.96. The van der Waals surface area contributed by atoms with E-state index in [0.29, 0.717) is 13.0 Å². The minimum absolute atomic E-state index is 0.118. The van der Waals surface area contributed by atoms with Gasteiger partial charge in [-0.1, -0.05) is 20.8 Å². The van der Waals surface area contributed by atoms with Gasteiger partial charge in [0, 0.05) is 31.5 Å². The minimum atomic E-state index is -0.622. The molecule has 7 heteroatoms. The molecule has 1 aliphatic heterocycles. The molecule has 0 saturated carbocycles. The van der Waals surface area contributed by atoms with Crippen LogP contribution in [0.15, 0.2) is 0 Å². The number of carbonyl (C=O) groups excluding carboxylic acids is 3. The fraction of sp³-hybridized carbons (Fsp3) is 0.833. The van der Waals surface area contributed by atoms with Gasteiger partial charge in [0.1, 0.15) is 0 Å². The van der Waals surface area contributed by atoms with Gasteiger partial charge < -0.3 is 4.74 Å². The van der Waals surface area contributed by atoms with Crippen molar-refractivity contribution in [2.24, 2.45) is 5.92 Å². The van der Waals surface area contributed by atoms with Crippen LogP contribution in [0.4, 0.5) is 0 Å². The Morgan fingerprint density at radius 3 is 2.24 bits per heavy atom. The molecule has 0 aromatic carbocycles. The van der Waals surface area contributed by atoms with Crippen molar-refractivity contribution in [3.8, 4) is 0 Å². The monoisotopic (exact) mass is 357 g/mol. The summed E-state index contributed by atoms with van der Waals surface area (Å²) in [5.41, 5.74) is 3.87. The Morgan fingerprint density at radius 1 is 1.24 bits per heavy atom. The van der Waals surface area contributed by atoms with Gasteiger partial charge in [-0.05, 0) is 34.1 Å². The van der Waals surface area contributed by atoms with E-state index in [-0.39, 0.29) is 36.5 Å². The molecular weight excluding hydrogens is 322 g/mol. The van der Waals surface area contributed by atoms with Gasteiger partial charge in [0.25, 0.3) is 0 Å². The Balaban J connectivity index is 0.00000277. The molecule has 25 heavy (non-hydrogen) atoms. The molecule has 0 aromatic heterocycles. The van der Waals surface area contributed by atoms with Gasteiger partial charge in [-0.25, -0.2) is 5.43 Å². The number of nitrogens with zero attached hydrogens (tertiary/aromatic N) is 1. The van der Waals surface area contributed by atoms with Crippen LogP contribution in [-0.4, -0.2) is 47.4 Å². The molecule has 1 rings (SSSR count). The van der Waals surface area contributed by atoms with Crippen LogP contribution in [-0.2, 0) is 19.1 Å². The lowest BCUT2D eigenvalue weighted by Crippen LogP contribution is -2.49. The van der Waals surface area contributed by atoms with Crippen LogP contribution in [0.3, 0.4) is 0 Å². The number of nitrogens with one attached hydrogen (secondary N) is 2. The summed E-state index contributed by atoms with van der Waals surface area (Å²) in [5, 5.41) is 0. The third kappa shape index (κ3) is 7.12. The third-order valence-corrected chi connectivity index (χ3v) is 4.03. The van der Waals surface area contributed by atoms with E-state index in [1.54, 1.807) is 14.0 Å². The van der Waals surface area contributed by atoms with Crippen molar-refractivity contribution in [2.75, 3.05) is 13.7 Å². The minimum Gasteiger partial charge on any atom is -0.375 e. The summed E-state index contributed by atoms with van der Waals surface area (Å²) in [6.45, 7) is 13.5. The maximum atomic E-state index is 12.1. The molecule has 0 radical (unpaired) electrons. The summed E-state index contributed by atoms with van der Waals surface area (Å²) in [4.78, 5) is 37.1. The van der Waals surface area contributed by atoms with Crippen LogP contribution in [0.5, 0.6) is 0 Å². The van der Waals surface area contributed by atoms with Gasteiger partial charge in [-0.2, -0.15) is 0 Å². The molecule has 3 amide bonds. The molecule has 1 fully saturated rings. The standard InChI is InChI=1S/C16H29N3O4.C2H6/c1-11-9-13(21)19(14(11)22)15(2,3)7-8-23-16(4,5)10-12(20)18-17-6;1-2/h11,17H,7-10H2,1-6H3,(H,18,20);1-2H3. The summed E-state index contributed by atoms with van der Waals surface area (Å²) in [5.74, 6) is -0.646. The largest absolute Gasteiger partial charge is 0.375 e. The van der Waals surface area contributed by atoms with E-state index in [1.807, 2.05) is 41.5 Å². The Labute approximate surface area is 151 Å². The van der Waals surface area contributed by atoms with E-state index in [0.717, 1.165) is 0 Å². The molecule has 1 saturated heterocycles. The van der Waals surface area contributed by atoms with Gasteiger partial charge in [0.05, 0.1) is 12.0 Å². The quantitative estimate of drug-likeness (QED) is 0.512. The SMILES string of the molecule is CC.CNNC(=O)CC(C)(C)OCCC(C)(C)N1C(=O)CC(C)C1=O. The second kappa shape index (κ2) is 9.87. The zero-order chi connectivity index (χ0) is 19.8. The predicted octanol–water partition coefficient (Wildman–Crippen LogP) is 2.01. The van der Waals surface area contributed by atoms with Crippen molar-refractivity contribution >= 4 is 17.7 Å². The number of hydrogen-bond acceptors (Lipinski definition) is 5. The van der Waals surface area contributed by atoms with Crippen molar-refractivity contribution < 1.29 is 19.1 Å². The van der Waals surface area contributed by atoms with Crippen molar-refractivity contribution in [1.29, 1.82) is 0 Å². The van der Waals surface area contributed by atoms with Gasteiger partial charge in [0.2, 0.25) is 17.7 Å². The Kier molecular flexibility index (Phi) is 9.29. The van der Waals surface area contributed by atoms with Crippen LogP contribution in [0, 0.1) is 5.92 Å². The number of ether oxygens (including phenoxy) is 1. The molecule has 1 unspecified atom stereocenters. The second-order valence-electron chi connectivity index (χ2n) is 7.32. The molecule has 7 nitrogen and oxygen atoms in total. The molecule has 0 spiro atoms. The first kappa shape index (κ1) is 23.5. The van der Waals surface area contributed by atoms with Crippen molar-refractivity contribution in [3.63, 3.8) is 0 Å². The van der Waals surface area contributed by atoms with E-state index < -0.39 is 11.1 Å². The number of rotatable bonds is 8. The molecule has 0 aliphatic carbocycles. The third-order valence-electron chi connectivity index (χ3n) is 4.03. The van der Waals surface area contributed by atoms with Crippen molar-refractivity contribution in [1.82, 2.24) is 15.8 Å². The summed E-state index contributed by atoms with van der Waals surface area (Å²) in [6.07, 6.45) is 1.01. The van der Waals surface area contributed by atoms with Crippen LogP contribution in [0.1, 0.15) is 67.7 Å².